The third-order valence-electron chi connectivity index (χ3n) is 6.14. The van der Waals surface area contributed by atoms with Crippen molar-refractivity contribution >= 4 is 5.95 Å². The standard InChI is InChI=1S/C21H27N5O/c1-15(17-3-2-16-5-11-27-20(16)12-17)25-7-9-26(10-8-25)21-23-14-18-13-22-6-4-19(18)24-21/h2-3,12,14-15,22H,4-11,13H2,1H3. The second-order valence-electron chi connectivity index (χ2n) is 7.73. The fraction of sp³-hybridized carbons (Fsp3) is 0.524. The molecule has 2 aromatic rings. The van der Waals surface area contributed by atoms with Crippen LogP contribution in [0.4, 0.5) is 5.95 Å². The first-order valence-electron chi connectivity index (χ1n) is 10.1. The topological polar surface area (TPSA) is 53.5 Å². The molecule has 1 unspecified atom stereocenters. The largest absolute Gasteiger partial charge is 0.493 e. The van der Waals surface area contributed by atoms with E-state index in [1.807, 2.05) is 6.20 Å². The third-order valence-corrected chi connectivity index (χ3v) is 6.14. The van der Waals surface area contributed by atoms with Gasteiger partial charge in [-0.1, -0.05) is 12.1 Å². The number of piperazine rings is 1. The molecule has 0 spiro atoms. The van der Waals surface area contributed by atoms with Crippen LogP contribution in [0, 0.1) is 0 Å². The van der Waals surface area contributed by atoms with Crippen molar-refractivity contribution in [2.45, 2.75) is 32.4 Å². The molecule has 27 heavy (non-hydrogen) atoms. The number of aromatic nitrogens is 2. The summed E-state index contributed by atoms with van der Waals surface area (Å²) in [6.07, 6.45) is 4.05. The summed E-state index contributed by atoms with van der Waals surface area (Å²) in [6.45, 7) is 9.04. The fourth-order valence-corrected chi connectivity index (χ4v) is 4.34. The van der Waals surface area contributed by atoms with Gasteiger partial charge in [-0.05, 0) is 24.1 Å². The lowest BCUT2D eigenvalue weighted by atomic mass is 10.0. The number of nitrogens with one attached hydrogen (secondary N) is 1. The third kappa shape index (κ3) is 3.28. The Morgan fingerprint density at radius 1 is 1.11 bits per heavy atom. The summed E-state index contributed by atoms with van der Waals surface area (Å²) in [7, 11) is 0. The van der Waals surface area contributed by atoms with Crippen LogP contribution >= 0.6 is 0 Å². The van der Waals surface area contributed by atoms with E-state index in [-0.39, 0.29) is 0 Å². The van der Waals surface area contributed by atoms with Crippen LogP contribution in [-0.2, 0) is 19.4 Å². The van der Waals surface area contributed by atoms with Crippen molar-refractivity contribution in [2.24, 2.45) is 0 Å². The molecule has 0 saturated carbocycles. The Balaban J connectivity index is 1.25. The van der Waals surface area contributed by atoms with Crippen molar-refractivity contribution in [1.29, 1.82) is 0 Å². The van der Waals surface area contributed by atoms with Crippen molar-refractivity contribution in [3.63, 3.8) is 0 Å². The molecule has 1 aromatic heterocycles. The number of fused-ring (bicyclic) bond motifs is 2. The van der Waals surface area contributed by atoms with Gasteiger partial charge in [0, 0.05) is 69.9 Å². The molecule has 3 aliphatic rings. The summed E-state index contributed by atoms with van der Waals surface area (Å²) in [5, 5.41) is 3.38. The van der Waals surface area contributed by atoms with E-state index < -0.39 is 0 Å². The van der Waals surface area contributed by atoms with Crippen molar-refractivity contribution in [2.75, 3.05) is 44.2 Å². The zero-order valence-corrected chi connectivity index (χ0v) is 15.9. The molecular weight excluding hydrogens is 338 g/mol. The average molecular weight is 365 g/mol. The number of hydrogen-bond acceptors (Lipinski definition) is 6. The van der Waals surface area contributed by atoms with Gasteiger partial charge in [-0.2, -0.15) is 0 Å². The first kappa shape index (κ1) is 17.0. The molecule has 142 valence electrons. The number of hydrogen-bond donors (Lipinski definition) is 1. The molecule has 0 bridgehead atoms. The SMILES string of the molecule is CC(c1ccc2c(c1)OCC2)N1CCN(c2ncc3c(n2)CCNC3)CC1. The predicted molar refractivity (Wildman–Crippen MR) is 105 cm³/mol. The molecule has 1 fully saturated rings. The minimum absolute atomic E-state index is 0.400. The Morgan fingerprint density at radius 2 is 2.00 bits per heavy atom. The molecule has 3 aliphatic heterocycles. The van der Waals surface area contributed by atoms with E-state index in [9.17, 15) is 0 Å². The van der Waals surface area contributed by atoms with E-state index in [1.54, 1.807) is 0 Å². The lowest BCUT2D eigenvalue weighted by Crippen LogP contribution is -2.47. The summed E-state index contributed by atoms with van der Waals surface area (Å²) < 4.78 is 5.75. The van der Waals surface area contributed by atoms with Gasteiger partial charge in [0.1, 0.15) is 5.75 Å². The van der Waals surface area contributed by atoms with Crippen LogP contribution < -0.4 is 15.0 Å². The lowest BCUT2D eigenvalue weighted by molar-refractivity contribution is 0.197. The Morgan fingerprint density at radius 3 is 2.89 bits per heavy atom. The first-order valence-corrected chi connectivity index (χ1v) is 10.1. The Bertz CT molecular complexity index is 831. The minimum Gasteiger partial charge on any atom is -0.493 e. The summed E-state index contributed by atoms with van der Waals surface area (Å²) in [4.78, 5) is 14.3. The van der Waals surface area contributed by atoms with E-state index >= 15 is 0 Å². The molecule has 0 amide bonds. The zero-order chi connectivity index (χ0) is 18.2. The van der Waals surface area contributed by atoms with Crippen LogP contribution in [0.2, 0.25) is 0 Å². The summed E-state index contributed by atoms with van der Waals surface area (Å²) in [5.41, 5.74) is 5.15. The van der Waals surface area contributed by atoms with Crippen molar-refractivity contribution in [3.05, 3.63) is 46.8 Å². The van der Waals surface area contributed by atoms with Crippen LogP contribution in [-0.4, -0.2) is 54.2 Å². The van der Waals surface area contributed by atoms with Gasteiger partial charge in [-0.25, -0.2) is 9.97 Å². The van der Waals surface area contributed by atoms with Crippen LogP contribution in [0.15, 0.2) is 24.4 Å². The Kier molecular flexibility index (Phi) is 4.45. The molecule has 6 heteroatoms. The predicted octanol–water partition coefficient (Wildman–Crippen LogP) is 1.94. The molecule has 5 rings (SSSR count). The second-order valence-corrected chi connectivity index (χ2v) is 7.73. The molecule has 1 saturated heterocycles. The van der Waals surface area contributed by atoms with Gasteiger partial charge in [0.05, 0.1) is 12.3 Å². The summed E-state index contributed by atoms with van der Waals surface area (Å²) >= 11 is 0. The maximum atomic E-state index is 5.75. The zero-order valence-electron chi connectivity index (χ0n) is 15.9. The summed E-state index contributed by atoms with van der Waals surface area (Å²) in [6, 6.07) is 7.14. The van der Waals surface area contributed by atoms with Crippen LogP contribution in [0.1, 0.15) is 35.3 Å². The maximum absolute atomic E-state index is 5.75. The van der Waals surface area contributed by atoms with Gasteiger partial charge in [0.2, 0.25) is 5.95 Å². The van der Waals surface area contributed by atoms with E-state index in [0.29, 0.717) is 6.04 Å². The number of anilines is 1. The first-order chi connectivity index (χ1) is 13.3. The second kappa shape index (κ2) is 7.09. The normalized spacial score (nSPS) is 20.7. The van der Waals surface area contributed by atoms with Crippen molar-refractivity contribution in [1.82, 2.24) is 20.2 Å². The van der Waals surface area contributed by atoms with Gasteiger partial charge >= 0.3 is 0 Å². The van der Waals surface area contributed by atoms with Crippen LogP contribution in [0.25, 0.3) is 0 Å². The van der Waals surface area contributed by atoms with Crippen molar-refractivity contribution < 1.29 is 4.74 Å². The monoisotopic (exact) mass is 365 g/mol. The molecule has 4 heterocycles. The van der Waals surface area contributed by atoms with Gasteiger partial charge < -0.3 is 15.0 Å². The summed E-state index contributed by atoms with van der Waals surface area (Å²) in [5.74, 6) is 1.98. The van der Waals surface area contributed by atoms with Crippen molar-refractivity contribution in [3.8, 4) is 5.75 Å². The van der Waals surface area contributed by atoms with E-state index in [4.69, 9.17) is 9.72 Å². The molecule has 0 radical (unpaired) electrons. The molecule has 6 nitrogen and oxygen atoms in total. The maximum Gasteiger partial charge on any atom is 0.225 e. The highest BCUT2D eigenvalue weighted by Crippen LogP contribution is 2.31. The Labute approximate surface area is 160 Å². The van der Waals surface area contributed by atoms with Gasteiger partial charge in [-0.15, -0.1) is 0 Å². The number of nitrogens with zero attached hydrogens (tertiary/aromatic N) is 4. The van der Waals surface area contributed by atoms with Gasteiger partial charge in [0.25, 0.3) is 0 Å². The number of benzene rings is 1. The smallest absolute Gasteiger partial charge is 0.225 e. The molecule has 0 aliphatic carbocycles. The highest BCUT2D eigenvalue weighted by Gasteiger charge is 2.25. The molecule has 1 atom stereocenters. The number of rotatable bonds is 3. The van der Waals surface area contributed by atoms with Crippen LogP contribution in [0.3, 0.4) is 0 Å². The van der Waals surface area contributed by atoms with E-state index in [2.05, 4.69) is 45.2 Å². The Hall–Kier alpha value is -2.18. The minimum atomic E-state index is 0.400. The lowest BCUT2D eigenvalue weighted by Gasteiger charge is -2.38. The molecule has 1 N–H and O–H groups in total. The molecular formula is C21H27N5O. The quantitative estimate of drug-likeness (QED) is 0.897. The highest BCUT2D eigenvalue weighted by molar-refractivity contribution is 5.41. The molecule has 1 aromatic carbocycles. The van der Waals surface area contributed by atoms with Crippen LogP contribution in [0.5, 0.6) is 5.75 Å². The van der Waals surface area contributed by atoms with Gasteiger partial charge in [0.15, 0.2) is 0 Å². The average Bonchev–Trinajstić information content (AvgIpc) is 3.21. The van der Waals surface area contributed by atoms with E-state index in [0.717, 1.165) is 70.4 Å². The van der Waals surface area contributed by atoms with Gasteiger partial charge in [-0.3, -0.25) is 4.90 Å². The highest BCUT2D eigenvalue weighted by atomic mass is 16.5. The fourth-order valence-electron chi connectivity index (χ4n) is 4.34. The number of ether oxygens (including phenoxy) is 1. The van der Waals surface area contributed by atoms with E-state index in [1.165, 1.54) is 22.4 Å².